The van der Waals surface area contributed by atoms with Gasteiger partial charge in [0.05, 0.1) is 27.6 Å². The number of halogens is 1. The van der Waals surface area contributed by atoms with E-state index in [0.29, 0.717) is 21.9 Å². The molecule has 5 rings (SSSR count). The summed E-state index contributed by atoms with van der Waals surface area (Å²) in [4.78, 5) is 45.5. The summed E-state index contributed by atoms with van der Waals surface area (Å²) in [5.41, 5.74) is 0.714. The number of nitrogens with zero attached hydrogens (tertiary/aromatic N) is 2. The van der Waals surface area contributed by atoms with Gasteiger partial charge in [-0.2, -0.15) is 0 Å². The van der Waals surface area contributed by atoms with Crippen molar-refractivity contribution in [3.63, 3.8) is 0 Å². The van der Waals surface area contributed by atoms with E-state index in [1.165, 1.54) is 17.9 Å². The van der Waals surface area contributed by atoms with E-state index in [0.717, 1.165) is 23.5 Å². The third-order valence-electron chi connectivity index (χ3n) is 5.69. The molecule has 0 spiro atoms. The molecule has 0 fully saturated rings. The Balaban J connectivity index is 1.77. The van der Waals surface area contributed by atoms with Gasteiger partial charge >= 0.3 is 0 Å². The standard InChI is InChI=1S/C26H19FN2O5S/c1-4-10-33-17-7-5-6-15(11-17)21-20-22(31)18-12-16(27)8-9-19(18)34-23(20)25(32)29(21)26-28-13(2)24(35-26)14(3)30/h4-9,11-12,21H,1,10H2,2-3H3/t21-/m0/s1. The molecule has 0 bridgehead atoms. The van der Waals surface area contributed by atoms with Crippen molar-refractivity contribution >= 4 is 39.1 Å². The van der Waals surface area contributed by atoms with Gasteiger partial charge in [0.2, 0.25) is 5.76 Å². The molecule has 0 radical (unpaired) electrons. The van der Waals surface area contributed by atoms with Gasteiger partial charge < -0.3 is 9.15 Å². The Hall–Kier alpha value is -4.11. The molecule has 7 nitrogen and oxygen atoms in total. The highest BCUT2D eigenvalue weighted by Crippen LogP contribution is 2.43. The quantitative estimate of drug-likeness (QED) is 0.272. The second-order valence-electron chi connectivity index (χ2n) is 8.03. The van der Waals surface area contributed by atoms with E-state index >= 15 is 0 Å². The number of aromatic nitrogens is 1. The number of fused-ring (bicyclic) bond motifs is 2. The fourth-order valence-corrected chi connectivity index (χ4v) is 5.19. The van der Waals surface area contributed by atoms with Crippen LogP contribution in [0.25, 0.3) is 11.0 Å². The first-order valence-electron chi connectivity index (χ1n) is 10.7. The highest BCUT2D eigenvalue weighted by atomic mass is 32.1. The van der Waals surface area contributed by atoms with Crippen molar-refractivity contribution in [3.05, 3.63) is 98.6 Å². The van der Waals surface area contributed by atoms with Crippen molar-refractivity contribution in [3.8, 4) is 5.75 Å². The summed E-state index contributed by atoms with van der Waals surface area (Å²) >= 11 is 1.06. The smallest absolute Gasteiger partial charge is 0.297 e. The Bertz CT molecular complexity index is 1590. The molecule has 2 aromatic carbocycles. The molecule has 0 aliphatic carbocycles. The van der Waals surface area contributed by atoms with Crippen LogP contribution in [0.5, 0.6) is 5.75 Å². The maximum absolute atomic E-state index is 14.0. The third-order valence-corrected chi connectivity index (χ3v) is 6.94. The Morgan fingerprint density at radius 1 is 1.29 bits per heavy atom. The van der Waals surface area contributed by atoms with Crippen LogP contribution in [0.15, 0.2) is 64.3 Å². The van der Waals surface area contributed by atoms with Crippen molar-refractivity contribution < 1.29 is 23.1 Å². The number of amides is 1. The molecule has 0 saturated carbocycles. The highest BCUT2D eigenvalue weighted by molar-refractivity contribution is 7.17. The van der Waals surface area contributed by atoms with E-state index in [1.807, 2.05) is 0 Å². The Kier molecular flexibility index (Phi) is 5.56. The summed E-state index contributed by atoms with van der Waals surface area (Å²) in [6.07, 6.45) is 1.60. The maximum Gasteiger partial charge on any atom is 0.297 e. The highest BCUT2D eigenvalue weighted by Gasteiger charge is 2.45. The van der Waals surface area contributed by atoms with Crippen molar-refractivity contribution in [2.24, 2.45) is 0 Å². The van der Waals surface area contributed by atoms with Crippen LogP contribution in [0, 0.1) is 12.7 Å². The number of carbonyl (C=O) groups is 2. The van der Waals surface area contributed by atoms with Crippen LogP contribution in [0.3, 0.4) is 0 Å². The number of hydrogen-bond acceptors (Lipinski definition) is 7. The zero-order valence-corrected chi connectivity index (χ0v) is 19.6. The summed E-state index contributed by atoms with van der Waals surface area (Å²) in [6.45, 7) is 7.02. The number of thiazole rings is 1. The number of rotatable bonds is 6. The van der Waals surface area contributed by atoms with E-state index < -0.39 is 23.2 Å². The third kappa shape index (κ3) is 3.74. The molecule has 4 aromatic rings. The van der Waals surface area contributed by atoms with Gasteiger partial charge in [0.15, 0.2) is 16.3 Å². The summed E-state index contributed by atoms with van der Waals surface area (Å²) in [7, 11) is 0. The second-order valence-corrected chi connectivity index (χ2v) is 9.01. The van der Waals surface area contributed by atoms with Crippen LogP contribution in [0.2, 0.25) is 0 Å². The molecule has 1 aliphatic heterocycles. The molecule has 1 aliphatic rings. The predicted molar refractivity (Wildman–Crippen MR) is 130 cm³/mol. The molecule has 1 amide bonds. The van der Waals surface area contributed by atoms with E-state index in [-0.39, 0.29) is 39.8 Å². The van der Waals surface area contributed by atoms with E-state index in [9.17, 15) is 18.8 Å². The number of Topliss-reactive ketones (excluding diaryl/α,β-unsaturated/α-hetero) is 1. The first-order chi connectivity index (χ1) is 16.8. The second kappa shape index (κ2) is 8.59. The maximum atomic E-state index is 14.0. The van der Waals surface area contributed by atoms with Crippen LogP contribution < -0.4 is 15.1 Å². The molecule has 0 saturated heterocycles. The lowest BCUT2D eigenvalue weighted by Crippen LogP contribution is -2.29. The Labute approximate surface area is 203 Å². The SMILES string of the molecule is C=CCOc1cccc([C@H]2c3c(oc4ccc(F)cc4c3=O)C(=O)N2c2nc(C)c(C(C)=O)s2)c1. The van der Waals surface area contributed by atoms with Crippen LogP contribution in [-0.4, -0.2) is 23.3 Å². The summed E-state index contributed by atoms with van der Waals surface area (Å²) in [5.74, 6) is -0.978. The minimum Gasteiger partial charge on any atom is -0.490 e. The molecule has 9 heteroatoms. The lowest BCUT2D eigenvalue weighted by molar-refractivity contribution is 0.0969. The van der Waals surface area contributed by atoms with Crippen LogP contribution >= 0.6 is 11.3 Å². The van der Waals surface area contributed by atoms with Gasteiger partial charge in [-0.05, 0) is 42.8 Å². The number of ketones is 1. The van der Waals surface area contributed by atoms with Crippen molar-refractivity contribution in [2.75, 3.05) is 11.5 Å². The molecule has 35 heavy (non-hydrogen) atoms. The molecular formula is C26H19FN2O5S. The molecule has 2 aromatic heterocycles. The average molecular weight is 491 g/mol. The topological polar surface area (TPSA) is 89.7 Å². The van der Waals surface area contributed by atoms with Gasteiger partial charge in [-0.25, -0.2) is 9.37 Å². The molecule has 176 valence electrons. The molecule has 0 N–H and O–H groups in total. The number of anilines is 1. The zero-order chi connectivity index (χ0) is 24.9. The summed E-state index contributed by atoms with van der Waals surface area (Å²) < 4.78 is 25.5. The Morgan fingerprint density at radius 3 is 2.80 bits per heavy atom. The van der Waals surface area contributed by atoms with Gasteiger partial charge in [0.25, 0.3) is 5.91 Å². The van der Waals surface area contributed by atoms with E-state index in [4.69, 9.17) is 9.15 Å². The van der Waals surface area contributed by atoms with Gasteiger partial charge in [-0.15, -0.1) is 0 Å². The van der Waals surface area contributed by atoms with Gasteiger partial charge in [0, 0.05) is 6.92 Å². The van der Waals surface area contributed by atoms with Crippen LogP contribution in [0.1, 0.15) is 50.0 Å². The fraction of sp³-hybridized carbons (Fsp3) is 0.154. The largest absolute Gasteiger partial charge is 0.490 e. The van der Waals surface area contributed by atoms with Gasteiger partial charge in [0.1, 0.15) is 23.8 Å². The number of aryl methyl sites for hydroxylation is 1. The molecular weight excluding hydrogens is 471 g/mol. The molecule has 1 atom stereocenters. The number of hydrogen-bond donors (Lipinski definition) is 0. The molecule has 0 unspecified atom stereocenters. The van der Waals surface area contributed by atoms with E-state index in [2.05, 4.69) is 11.6 Å². The Morgan fingerprint density at radius 2 is 2.09 bits per heavy atom. The first-order valence-corrected chi connectivity index (χ1v) is 11.5. The zero-order valence-electron chi connectivity index (χ0n) is 18.8. The lowest BCUT2D eigenvalue weighted by Gasteiger charge is -2.23. The monoisotopic (exact) mass is 490 g/mol. The van der Waals surface area contributed by atoms with Crippen molar-refractivity contribution in [1.82, 2.24) is 4.98 Å². The van der Waals surface area contributed by atoms with E-state index in [1.54, 1.807) is 37.3 Å². The average Bonchev–Trinajstić information content (AvgIpc) is 3.36. The van der Waals surface area contributed by atoms with Gasteiger partial charge in [-0.1, -0.05) is 36.1 Å². The summed E-state index contributed by atoms with van der Waals surface area (Å²) in [5, 5.41) is 0.281. The normalized spacial score (nSPS) is 14.9. The molecule has 3 heterocycles. The first kappa shape index (κ1) is 22.7. The number of ether oxygens (including phenoxy) is 1. The predicted octanol–water partition coefficient (Wildman–Crippen LogP) is 5.21. The van der Waals surface area contributed by atoms with Crippen molar-refractivity contribution in [2.45, 2.75) is 19.9 Å². The minimum atomic E-state index is -0.918. The number of benzene rings is 2. The minimum absolute atomic E-state index is 0.0298. The number of carbonyl (C=O) groups excluding carboxylic acids is 2. The lowest BCUT2D eigenvalue weighted by atomic mass is 9.98. The van der Waals surface area contributed by atoms with Crippen LogP contribution in [-0.2, 0) is 0 Å². The van der Waals surface area contributed by atoms with Gasteiger partial charge in [-0.3, -0.25) is 19.3 Å². The summed E-state index contributed by atoms with van der Waals surface area (Å²) in [6, 6.07) is 9.61. The fourth-order valence-electron chi connectivity index (χ4n) is 4.20. The van der Waals surface area contributed by atoms with Crippen molar-refractivity contribution in [1.29, 1.82) is 0 Å². The van der Waals surface area contributed by atoms with Crippen LogP contribution in [0.4, 0.5) is 9.52 Å².